The van der Waals surface area contributed by atoms with Gasteiger partial charge in [-0.1, -0.05) is 0 Å². The molecule has 3 N–H and O–H groups in total. The minimum Gasteiger partial charge on any atom is -0.481 e. The van der Waals surface area contributed by atoms with Crippen molar-refractivity contribution in [3.05, 3.63) is 0 Å². The minimum atomic E-state index is -0.890. The molecule has 0 heterocycles. The summed E-state index contributed by atoms with van der Waals surface area (Å²) < 4.78 is 0. The first-order chi connectivity index (χ1) is 5.61. The van der Waals surface area contributed by atoms with E-state index in [0.717, 1.165) is 0 Å². The monoisotopic (exact) mass is 174 g/mol. The van der Waals surface area contributed by atoms with Crippen LogP contribution < -0.4 is 10.6 Å². The third-order valence-electron chi connectivity index (χ3n) is 1.56. The smallest absolute Gasteiger partial charge is 0.303 e. The molecule has 0 aromatic carbocycles. The second kappa shape index (κ2) is 5.54. The Balaban J connectivity index is 3.83. The largest absolute Gasteiger partial charge is 0.481 e. The minimum absolute atomic E-state index is 0.00106. The Bertz CT molecular complexity index is 170. The van der Waals surface area contributed by atoms with E-state index >= 15 is 0 Å². The van der Waals surface area contributed by atoms with E-state index in [-0.39, 0.29) is 12.3 Å². The summed E-state index contributed by atoms with van der Waals surface area (Å²) in [6, 6.07) is -0.411. The summed E-state index contributed by atoms with van der Waals surface area (Å²) in [6.07, 6.45) is 0.310. The van der Waals surface area contributed by atoms with Gasteiger partial charge in [-0.05, 0) is 13.5 Å². The fraction of sp³-hybridized carbons (Fsp3) is 0.714. The van der Waals surface area contributed by atoms with Crippen molar-refractivity contribution in [2.24, 2.45) is 0 Å². The maximum absolute atomic E-state index is 11.0. The molecule has 0 fully saturated rings. The fourth-order valence-electron chi connectivity index (χ4n) is 0.849. The Kier molecular flexibility index (Phi) is 5.03. The van der Waals surface area contributed by atoms with Gasteiger partial charge in [-0.2, -0.15) is 0 Å². The van der Waals surface area contributed by atoms with E-state index in [1.54, 1.807) is 7.05 Å². The number of likely N-dealkylation sites (N-methyl/N-ethyl adjacent to an activating group) is 2. The van der Waals surface area contributed by atoms with E-state index in [4.69, 9.17) is 5.11 Å². The van der Waals surface area contributed by atoms with Gasteiger partial charge < -0.3 is 15.7 Å². The molecule has 0 spiro atoms. The summed E-state index contributed by atoms with van der Waals surface area (Å²) in [5.74, 6) is -1.07. The average molecular weight is 174 g/mol. The zero-order valence-corrected chi connectivity index (χ0v) is 7.26. The maximum atomic E-state index is 11.0. The third-order valence-corrected chi connectivity index (χ3v) is 1.56. The lowest BCUT2D eigenvalue weighted by atomic mass is 10.1. The van der Waals surface area contributed by atoms with Gasteiger partial charge in [0, 0.05) is 13.5 Å². The quantitative estimate of drug-likeness (QED) is 0.509. The van der Waals surface area contributed by atoms with Gasteiger partial charge in [-0.25, -0.2) is 0 Å². The van der Waals surface area contributed by atoms with Crippen LogP contribution in [0.25, 0.3) is 0 Å². The van der Waals surface area contributed by atoms with Crippen LogP contribution >= 0.6 is 0 Å². The molecule has 0 aliphatic heterocycles. The molecule has 0 saturated heterocycles. The number of nitrogens with one attached hydrogen (secondary N) is 2. The van der Waals surface area contributed by atoms with E-state index in [9.17, 15) is 9.59 Å². The Morgan fingerprint density at radius 1 is 1.42 bits per heavy atom. The van der Waals surface area contributed by atoms with Gasteiger partial charge in [0.1, 0.15) is 0 Å². The lowest BCUT2D eigenvalue weighted by Gasteiger charge is -2.12. The molecule has 5 nitrogen and oxygen atoms in total. The van der Waals surface area contributed by atoms with Gasteiger partial charge in [0.15, 0.2) is 0 Å². The lowest BCUT2D eigenvalue weighted by Crippen LogP contribution is -2.41. The molecular formula is C7H14N2O3. The van der Waals surface area contributed by atoms with Crippen LogP contribution in [0.2, 0.25) is 0 Å². The van der Waals surface area contributed by atoms with Crippen molar-refractivity contribution in [1.29, 1.82) is 0 Å². The SMILES string of the molecule is CNC(=O)C(CCC(=O)O)NC. The molecule has 0 aliphatic rings. The van der Waals surface area contributed by atoms with Crippen LogP contribution in [-0.4, -0.2) is 37.1 Å². The van der Waals surface area contributed by atoms with Crippen LogP contribution in [0.15, 0.2) is 0 Å². The fourth-order valence-corrected chi connectivity index (χ4v) is 0.849. The zero-order valence-electron chi connectivity index (χ0n) is 7.26. The molecule has 0 aromatic heterocycles. The highest BCUT2D eigenvalue weighted by molar-refractivity contribution is 5.82. The number of carboxylic acid groups (broad SMARTS) is 1. The summed E-state index contributed by atoms with van der Waals surface area (Å²) >= 11 is 0. The van der Waals surface area contributed by atoms with E-state index < -0.39 is 12.0 Å². The molecule has 0 radical (unpaired) electrons. The number of rotatable bonds is 5. The molecule has 0 bridgehead atoms. The highest BCUT2D eigenvalue weighted by Crippen LogP contribution is 1.96. The lowest BCUT2D eigenvalue weighted by molar-refractivity contribution is -0.137. The summed E-state index contributed by atoms with van der Waals surface area (Å²) in [5, 5.41) is 13.5. The highest BCUT2D eigenvalue weighted by Gasteiger charge is 2.15. The molecule has 0 saturated carbocycles. The van der Waals surface area contributed by atoms with Crippen molar-refractivity contribution in [3.63, 3.8) is 0 Å². The molecule has 1 atom stereocenters. The summed E-state index contributed by atoms with van der Waals surface area (Å²) in [7, 11) is 3.15. The van der Waals surface area contributed by atoms with Crippen LogP contribution in [0.3, 0.4) is 0 Å². The Morgan fingerprint density at radius 3 is 2.33 bits per heavy atom. The summed E-state index contributed by atoms with van der Waals surface area (Å²) in [4.78, 5) is 21.2. The Morgan fingerprint density at radius 2 is 2.00 bits per heavy atom. The number of carboxylic acids is 1. The molecular weight excluding hydrogens is 160 g/mol. The standard InChI is InChI=1S/C7H14N2O3/c1-8-5(7(12)9-2)3-4-6(10)11/h5,8H,3-4H2,1-2H3,(H,9,12)(H,10,11). The highest BCUT2D eigenvalue weighted by atomic mass is 16.4. The van der Waals surface area contributed by atoms with Crippen molar-refractivity contribution < 1.29 is 14.7 Å². The predicted octanol–water partition coefficient (Wildman–Crippen LogP) is -0.815. The van der Waals surface area contributed by atoms with Crippen LogP contribution in [0.4, 0.5) is 0 Å². The molecule has 1 amide bonds. The van der Waals surface area contributed by atoms with Crippen molar-refractivity contribution in [1.82, 2.24) is 10.6 Å². The van der Waals surface area contributed by atoms with Gasteiger partial charge in [0.05, 0.1) is 6.04 Å². The van der Waals surface area contributed by atoms with Crippen molar-refractivity contribution in [3.8, 4) is 0 Å². The third kappa shape index (κ3) is 3.92. The first-order valence-electron chi connectivity index (χ1n) is 3.72. The molecule has 0 rings (SSSR count). The van der Waals surface area contributed by atoms with Gasteiger partial charge in [0.25, 0.3) is 0 Å². The van der Waals surface area contributed by atoms with E-state index in [0.29, 0.717) is 6.42 Å². The van der Waals surface area contributed by atoms with E-state index in [2.05, 4.69) is 10.6 Å². The molecule has 70 valence electrons. The van der Waals surface area contributed by atoms with Crippen LogP contribution in [0.5, 0.6) is 0 Å². The van der Waals surface area contributed by atoms with E-state index in [1.807, 2.05) is 0 Å². The van der Waals surface area contributed by atoms with E-state index in [1.165, 1.54) is 7.05 Å². The normalized spacial score (nSPS) is 12.2. The van der Waals surface area contributed by atoms with Crippen molar-refractivity contribution in [2.45, 2.75) is 18.9 Å². The number of hydrogen-bond acceptors (Lipinski definition) is 3. The predicted molar refractivity (Wildman–Crippen MR) is 43.8 cm³/mol. The maximum Gasteiger partial charge on any atom is 0.303 e. The molecule has 12 heavy (non-hydrogen) atoms. The average Bonchev–Trinajstić information content (AvgIpc) is 2.04. The number of amides is 1. The second-order valence-corrected chi connectivity index (χ2v) is 2.39. The van der Waals surface area contributed by atoms with Gasteiger partial charge in [-0.15, -0.1) is 0 Å². The number of hydrogen-bond donors (Lipinski definition) is 3. The molecule has 0 aliphatic carbocycles. The topological polar surface area (TPSA) is 78.4 Å². The number of aliphatic carboxylic acids is 1. The Labute approximate surface area is 71.1 Å². The first kappa shape index (κ1) is 10.9. The molecule has 5 heteroatoms. The molecule has 0 aromatic rings. The van der Waals surface area contributed by atoms with Crippen LogP contribution in [-0.2, 0) is 9.59 Å². The van der Waals surface area contributed by atoms with Crippen molar-refractivity contribution >= 4 is 11.9 Å². The molecule has 1 unspecified atom stereocenters. The number of carbonyl (C=O) groups is 2. The first-order valence-corrected chi connectivity index (χ1v) is 3.72. The summed E-state index contributed by atoms with van der Waals surface area (Å²) in [5.41, 5.74) is 0. The van der Waals surface area contributed by atoms with Crippen molar-refractivity contribution in [2.75, 3.05) is 14.1 Å². The Hall–Kier alpha value is -1.10. The van der Waals surface area contributed by atoms with Crippen LogP contribution in [0.1, 0.15) is 12.8 Å². The summed E-state index contributed by atoms with van der Waals surface area (Å²) in [6.45, 7) is 0. The second-order valence-electron chi connectivity index (χ2n) is 2.39. The zero-order chi connectivity index (χ0) is 9.56. The van der Waals surface area contributed by atoms with Gasteiger partial charge in [0.2, 0.25) is 5.91 Å². The van der Waals surface area contributed by atoms with Gasteiger partial charge in [-0.3, -0.25) is 9.59 Å². The number of carbonyl (C=O) groups excluding carboxylic acids is 1. The van der Waals surface area contributed by atoms with Crippen LogP contribution in [0, 0.1) is 0 Å². The van der Waals surface area contributed by atoms with Gasteiger partial charge >= 0.3 is 5.97 Å².